The van der Waals surface area contributed by atoms with Crippen LogP contribution < -0.4 is 19.3 Å². The molecule has 1 aromatic carbocycles. The van der Waals surface area contributed by atoms with Gasteiger partial charge in [-0.15, -0.1) is 0 Å². The van der Waals surface area contributed by atoms with Crippen molar-refractivity contribution in [2.75, 3.05) is 43.2 Å². The maximum atomic E-state index is 13.6. The van der Waals surface area contributed by atoms with Crippen LogP contribution in [0, 0.1) is 11.8 Å². The zero-order valence-corrected chi connectivity index (χ0v) is 24.4. The van der Waals surface area contributed by atoms with Gasteiger partial charge in [0.25, 0.3) is 5.91 Å². The van der Waals surface area contributed by atoms with Crippen molar-refractivity contribution in [1.29, 1.82) is 0 Å². The number of anilines is 2. The number of aliphatic carboxylic acids is 1. The van der Waals surface area contributed by atoms with Crippen LogP contribution in [0.4, 0.5) is 24.7 Å². The summed E-state index contributed by atoms with van der Waals surface area (Å²) in [4.78, 5) is 36.0. The van der Waals surface area contributed by atoms with Gasteiger partial charge in [-0.05, 0) is 79.3 Å². The quantitative estimate of drug-likeness (QED) is 0.267. The molecular weight excluding hydrogens is 577 g/mol. The van der Waals surface area contributed by atoms with Crippen LogP contribution in [-0.4, -0.2) is 66.5 Å². The summed E-state index contributed by atoms with van der Waals surface area (Å²) in [5, 5.41) is 9.34. The molecule has 1 saturated carbocycles. The summed E-state index contributed by atoms with van der Waals surface area (Å²) in [5.74, 6) is -0.247. The number of amides is 1. The van der Waals surface area contributed by atoms with Crippen molar-refractivity contribution in [3.05, 3.63) is 72.1 Å². The van der Waals surface area contributed by atoms with Crippen LogP contribution in [0.5, 0.6) is 11.6 Å². The van der Waals surface area contributed by atoms with E-state index in [2.05, 4.69) is 9.97 Å². The first-order valence-electron chi connectivity index (χ1n) is 14.6. The van der Waals surface area contributed by atoms with Gasteiger partial charge in [-0.1, -0.05) is 6.07 Å². The minimum Gasteiger partial charge on any atom is -0.497 e. The molecule has 1 N–H and O–H groups in total. The van der Waals surface area contributed by atoms with Gasteiger partial charge < -0.3 is 19.5 Å². The number of hydrogen-bond acceptors (Lipinski definition) is 7. The standard InChI is InChI=1S/C32H35F3N4O5/c1-43-24-7-8-25(31(42)39(20-32(33,34)35)28-4-2-3-12-36-28)27(17-24)38-14-10-21(11-15-38)19-44-29-16-23(9-13-37-29)26(18-30(40)41)22-5-6-22/h2-4,7-9,12-13,16-17,21-22,26H,5-6,10-11,14-15,18-20H2,1H3,(H,40,41). The van der Waals surface area contributed by atoms with Crippen LogP contribution in [0.25, 0.3) is 0 Å². The third-order valence-corrected chi connectivity index (χ3v) is 8.14. The highest BCUT2D eigenvalue weighted by molar-refractivity contribution is 6.09. The van der Waals surface area contributed by atoms with E-state index in [1.165, 1.54) is 31.5 Å². The Morgan fingerprint density at radius 1 is 1.05 bits per heavy atom. The summed E-state index contributed by atoms with van der Waals surface area (Å²) in [7, 11) is 1.49. The lowest BCUT2D eigenvalue weighted by atomic mass is 9.92. The van der Waals surface area contributed by atoms with Crippen LogP contribution in [0.2, 0.25) is 0 Å². The first-order chi connectivity index (χ1) is 21.1. The molecule has 44 heavy (non-hydrogen) atoms. The lowest BCUT2D eigenvalue weighted by Crippen LogP contribution is -2.41. The van der Waals surface area contributed by atoms with Crippen molar-refractivity contribution in [3.8, 4) is 11.6 Å². The van der Waals surface area contributed by atoms with Crippen molar-refractivity contribution < 1.29 is 37.3 Å². The molecule has 0 spiro atoms. The maximum Gasteiger partial charge on any atom is 0.406 e. The molecule has 2 aliphatic rings. The fraction of sp³-hybridized carbons (Fsp3) is 0.438. The minimum absolute atomic E-state index is 0.0504. The number of ether oxygens (including phenoxy) is 2. The predicted molar refractivity (Wildman–Crippen MR) is 157 cm³/mol. The van der Waals surface area contributed by atoms with Gasteiger partial charge in [0.1, 0.15) is 18.1 Å². The Kier molecular flexibility index (Phi) is 9.55. The number of carbonyl (C=O) groups is 2. The fourth-order valence-corrected chi connectivity index (χ4v) is 5.70. The highest BCUT2D eigenvalue weighted by Crippen LogP contribution is 2.45. The second-order valence-electron chi connectivity index (χ2n) is 11.3. The molecule has 0 bridgehead atoms. The van der Waals surface area contributed by atoms with E-state index in [9.17, 15) is 27.9 Å². The SMILES string of the molecule is COc1ccc(C(=O)N(CC(F)(F)F)c2ccccn2)c(N2CCC(COc3cc(C(CC(=O)O)C4CC4)ccn3)CC2)c1. The van der Waals surface area contributed by atoms with E-state index >= 15 is 0 Å². The van der Waals surface area contributed by atoms with Crippen molar-refractivity contribution in [1.82, 2.24) is 9.97 Å². The Labute approximate surface area is 253 Å². The van der Waals surface area contributed by atoms with E-state index in [0.29, 0.717) is 47.8 Å². The lowest BCUT2D eigenvalue weighted by Gasteiger charge is -2.35. The van der Waals surface area contributed by atoms with Crippen molar-refractivity contribution in [3.63, 3.8) is 0 Å². The number of halogens is 3. The summed E-state index contributed by atoms with van der Waals surface area (Å²) in [6.07, 6.45) is 1.96. The second-order valence-corrected chi connectivity index (χ2v) is 11.3. The molecule has 1 aliphatic carbocycles. The third-order valence-electron chi connectivity index (χ3n) is 8.14. The number of piperidine rings is 1. The van der Waals surface area contributed by atoms with E-state index in [1.54, 1.807) is 24.4 Å². The summed E-state index contributed by atoms with van der Waals surface area (Å²) >= 11 is 0. The average molecular weight is 613 g/mol. The number of methoxy groups -OCH3 is 1. The van der Waals surface area contributed by atoms with Crippen LogP contribution in [0.15, 0.2) is 60.9 Å². The van der Waals surface area contributed by atoms with Crippen LogP contribution >= 0.6 is 0 Å². The number of rotatable bonds is 12. The summed E-state index contributed by atoms with van der Waals surface area (Å²) in [6.45, 7) is 0.0568. The molecule has 1 amide bonds. The molecule has 1 unspecified atom stereocenters. The maximum absolute atomic E-state index is 13.6. The van der Waals surface area contributed by atoms with E-state index in [4.69, 9.17) is 9.47 Å². The number of aromatic nitrogens is 2. The predicted octanol–water partition coefficient (Wildman–Crippen LogP) is 5.96. The number of pyridine rings is 2. The molecule has 3 heterocycles. The largest absolute Gasteiger partial charge is 0.497 e. The van der Waals surface area contributed by atoms with Crippen molar-refractivity contribution in [2.45, 2.75) is 44.2 Å². The molecule has 3 aromatic rings. The topological polar surface area (TPSA) is 105 Å². The molecule has 0 radical (unpaired) electrons. The lowest BCUT2D eigenvalue weighted by molar-refractivity contribution is -0.137. The van der Waals surface area contributed by atoms with Gasteiger partial charge in [0.15, 0.2) is 0 Å². The molecule has 234 valence electrons. The van der Waals surface area contributed by atoms with Crippen LogP contribution in [0.3, 0.4) is 0 Å². The Morgan fingerprint density at radius 2 is 1.82 bits per heavy atom. The van der Waals surface area contributed by atoms with E-state index < -0.39 is 24.6 Å². The number of carboxylic acid groups (broad SMARTS) is 1. The normalized spacial score (nSPS) is 16.3. The highest BCUT2D eigenvalue weighted by atomic mass is 19.4. The Balaban J connectivity index is 1.26. The Bertz CT molecular complexity index is 1440. The molecular formula is C32H35F3N4O5. The third kappa shape index (κ3) is 7.97. The summed E-state index contributed by atoms with van der Waals surface area (Å²) in [5.41, 5.74) is 1.55. The molecule has 5 rings (SSSR count). The first-order valence-corrected chi connectivity index (χ1v) is 14.6. The average Bonchev–Trinajstić information content (AvgIpc) is 3.87. The van der Waals surface area contributed by atoms with Gasteiger partial charge in [0.2, 0.25) is 5.88 Å². The first kappa shape index (κ1) is 31.1. The van der Waals surface area contributed by atoms with Gasteiger partial charge in [0.05, 0.1) is 31.4 Å². The van der Waals surface area contributed by atoms with E-state index in [0.717, 1.165) is 31.2 Å². The number of nitrogens with zero attached hydrogens (tertiary/aromatic N) is 4. The molecule has 1 aliphatic heterocycles. The molecule has 1 saturated heterocycles. The number of carbonyl (C=O) groups excluding carboxylic acids is 1. The minimum atomic E-state index is -4.62. The van der Waals surface area contributed by atoms with Crippen molar-refractivity contribution >= 4 is 23.4 Å². The number of hydrogen-bond donors (Lipinski definition) is 1. The summed E-state index contributed by atoms with van der Waals surface area (Å²) < 4.78 is 52.0. The molecule has 2 fully saturated rings. The number of benzene rings is 1. The van der Waals surface area contributed by atoms with Gasteiger partial charge in [-0.25, -0.2) is 9.97 Å². The van der Waals surface area contributed by atoms with Crippen LogP contribution in [0.1, 0.15) is 53.9 Å². The van der Waals surface area contributed by atoms with E-state index in [-0.39, 0.29) is 29.6 Å². The number of carboxylic acids is 1. The highest BCUT2D eigenvalue weighted by Gasteiger charge is 2.37. The zero-order chi connectivity index (χ0) is 31.3. The van der Waals surface area contributed by atoms with Crippen molar-refractivity contribution in [2.24, 2.45) is 11.8 Å². The van der Waals surface area contributed by atoms with Gasteiger partial charge in [-0.3, -0.25) is 14.5 Å². The molecule has 1 atom stereocenters. The van der Waals surface area contributed by atoms with Gasteiger partial charge in [0, 0.05) is 37.6 Å². The smallest absolute Gasteiger partial charge is 0.406 e. The second kappa shape index (κ2) is 13.5. The Hall–Kier alpha value is -4.35. The Morgan fingerprint density at radius 3 is 2.45 bits per heavy atom. The van der Waals surface area contributed by atoms with Crippen LogP contribution in [-0.2, 0) is 4.79 Å². The van der Waals surface area contributed by atoms with E-state index in [1.807, 2.05) is 17.0 Å². The zero-order valence-electron chi connectivity index (χ0n) is 24.4. The number of alkyl halides is 3. The fourth-order valence-electron chi connectivity index (χ4n) is 5.70. The summed E-state index contributed by atoms with van der Waals surface area (Å²) in [6, 6.07) is 12.9. The monoisotopic (exact) mass is 612 g/mol. The van der Waals surface area contributed by atoms with Gasteiger partial charge in [-0.2, -0.15) is 13.2 Å². The van der Waals surface area contributed by atoms with Gasteiger partial charge >= 0.3 is 12.1 Å². The molecule has 12 heteroatoms. The molecule has 9 nitrogen and oxygen atoms in total. The molecule has 2 aromatic heterocycles.